The number of fused-ring (bicyclic) bond motifs is 2. The topological polar surface area (TPSA) is 37.4 Å². The SMILES string of the molecule is CC.O=Cc1cc2sc(-c3ccc(N(c4ccccc4)c4ccc(-c5cc6scc(C=O)c6s5)cc4)cc3)cc2s1. The lowest BCUT2D eigenvalue weighted by atomic mass is 10.1. The van der Waals surface area contributed by atoms with E-state index in [9.17, 15) is 9.59 Å². The number of para-hydroxylation sites is 1. The zero-order valence-electron chi connectivity index (χ0n) is 22.4. The average Bonchev–Trinajstić information content (AvgIpc) is 3.80. The fourth-order valence-electron chi connectivity index (χ4n) is 4.70. The minimum atomic E-state index is 0.771. The van der Waals surface area contributed by atoms with Gasteiger partial charge in [0.15, 0.2) is 12.6 Å². The van der Waals surface area contributed by atoms with Crippen LogP contribution >= 0.6 is 45.3 Å². The molecule has 0 aliphatic rings. The maximum absolute atomic E-state index is 11.4. The van der Waals surface area contributed by atoms with Gasteiger partial charge in [-0.25, -0.2) is 0 Å². The third-order valence-corrected chi connectivity index (χ3v) is 11.2. The number of thiophene rings is 4. The van der Waals surface area contributed by atoms with Crippen LogP contribution in [-0.4, -0.2) is 12.6 Å². The lowest BCUT2D eigenvalue weighted by Crippen LogP contribution is -2.09. The van der Waals surface area contributed by atoms with Gasteiger partial charge < -0.3 is 4.90 Å². The molecule has 3 aromatic carbocycles. The van der Waals surface area contributed by atoms with Crippen LogP contribution in [0.1, 0.15) is 33.9 Å². The quantitative estimate of drug-likeness (QED) is 0.169. The Balaban J connectivity index is 0.00000148. The van der Waals surface area contributed by atoms with Gasteiger partial charge in [-0.3, -0.25) is 9.59 Å². The number of hydrogen-bond acceptors (Lipinski definition) is 7. The predicted octanol–water partition coefficient (Wildman–Crippen LogP) is 11.7. The zero-order valence-corrected chi connectivity index (χ0v) is 25.6. The van der Waals surface area contributed by atoms with Crippen LogP contribution in [0.2, 0.25) is 0 Å². The Morgan fingerprint density at radius 2 is 1.15 bits per heavy atom. The first kappa shape index (κ1) is 27.3. The molecule has 0 N–H and O–H groups in total. The number of aldehydes is 2. The van der Waals surface area contributed by atoms with E-state index in [0.717, 1.165) is 70.0 Å². The van der Waals surface area contributed by atoms with E-state index in [-0.39, 0.29) is 0 Å². The van der Waals surface area contributed by atoms with Crippen LogP contribution in [0.3, 0.4) is 0 Å². The standard InChI is InChI=1S/C32H19NO2S4.C2H6/c34-17-22-19-36-31-16-28(39-32(22)31)21-8-12-25(13-9-21)33(23-4-2-1-3-5-23)24-10-6-20(7-11-24)27-15-30-29(38-27)14-26(18-35)37-30;1-2/h1-19H;1-2H3. The molecule has 0 unspecified atom stereocenters. The molecule has 202 valence electrons. The van der Waals surface area contributed by atoms with Crippen molar-refractivity contribution >= 4 is 93.8 Å². The van der Waals surface area contributed by atoms with E-state index in [1.807, 2.05) is 31.4 Å². The fourth-order valence-corrected chi connectivity index (χ4v) is 9.21. The predicted molar refractivity (Wildman–Crippen MR) is 181 cm³/mol. The van der Waals surface area contributed by atoms with Crippen molar-refractivity contribution in [1.82, 2.24) is 0 Å². The maximum atomic E-state index is 11.4. The number of rotatable bonds is 7. The van der Waals surface area contributed by atoms with E-state index < -0.39 is 0 Å². The molecule has 7 rings (SSSR count). The van der Waals surface area contributed by atoms with Crippen molar-refractivity contribution in [2.75, 3.05) is 4.90 Å². The molecule has 0 spiro atoms. The van der Waals surface area contributed by atoms with E-state index in [2.05, 4.69) is 89.8 Å². The monoisotopic (exact) mass is 607 g/mol. The maximum Gasteiger partial charge on any atom is 0.160 e. The van der Waals surface area contributed by atoms with Crippen molar-refractivity contribution in [2.45, 2.75) is 13.8 Å². The Labute approximate surface area is 254 Å². The molecular formula is C34H25NO2S4. The van der Waals surface area contributed by atoms with Gasteiger partial charge in [0, 0.05) is 51.9 Å². The van der Waals surface area contributed by atoms with Gasteiger partial charge in [0.25, 0.3) is 0 Å². The highest BCUT2D eigenvalue weighted by molar-refractivity contribution is 7.30. The average molecular weight is 608 g/mol. The van der Waals surface area contributed by atoms with E-state index >= 15 is 0 Å². The number of anilines is 3. The van der Waals surface area contributed by atoms with Crippen LogP contribution in [-0.2, 0) is 0 Å². The van der Waals surface area contributed by atoms with Crippen molar-refractivity contribution in [1.29, 1.82) is 0 Å². The molecule has 0 amide bonds. The van der Waals surface area contributed by atoms with Crippen LogP contribution in [0.25, 0.3) is 39.7 Å². The third-order valence-electron chi connectivity index (χ3n) is 6.58. The Kier molecular flexibility index (Phi) is 7.94. The molecule has 7 heteroatoms. The summed E-state index contributed by atoms with van der Waals surface area (Å²) < 4.78 is 4.53. The van der Waals surface area contributed by atoms with E-state index in [1.165, 1.54) is 21.1 Å². The summed E-state index contributed by atoms with van der Waals surface area (Å²) >= 11 is 6.54. The van der Waals surface area contributed by atoms with Gasteiger partial charge in [0.2, 0.25) is 0 Å². The number of nitrogens with zero attached hydrogens (tertiary/aromatic N) is 1. The molecule has 7 aromatic rings. The summed E-state index contributed by atoms with van der Waals surface area (Å²) in [7, 11) is 0. The number of benzene rings is 3. The molecule has 0 bridgehead atoms. The van der Waals surface area contributed by atoms with Gasteiger partial charge in [-0.05, 0) is 65.7 Å². The smallest absolute Gasteiger partial charge is 0.160 e. The Hall–Kier alpha value is -3.88. The summed E-state index contributed by atoms with van der Waals surface area (Å²) in [5, 5.41) is 1.93. The Morgan fingerprint density at radius 3 is 1.73 bits per heavy atom. The number of carbonyl (C=O) groups is 2. The van der Waals surface area contributed by atoms with Crippen molar-refractivity contribution < 1.29 is 9.59 Å². The third kappa shape index (κ3) is 5.29. The molecule has 4 aromatic heterocycles. The highest BCUT2D eigenvalue weighted by Crippen LogP contribution is 2.42. The minimum absolute atomic E-state index is 0.771. The van der Waals surface area contributed by atoms with Crippen LogP contribution in [0.5, 0.6) is 0 Å². The van der Waals surface area contributed by atoms with Crippen molar-refractivity contribution in [3.8, 4) is 20.9 Å². The second kappa shape index (κ2) is 11.9. The summed E-state index contributed by atoms with van der Waals surface area (Å²) in [6.45, 7) is 4.00. The number of hydrogen-bond donors (Lipinski definition) is 0. The summed E-state index contributed by atoms with van der Waals surface area (Å²) in [6, 6.07) is 34.0. The van der Waals surface area contributed by atoms with Gasteiger partial charge in [-0.1, -0.05) is 56.3 Å². The molecule has 0 atom stereocenters. The first-order valence-corrected chi connectivity index (χ1v) is 16.5. The first-order valence-electron chi connectivity index (χ1n) is 13.2. The molecule has 4 heterocycles. The Bertz CT molecular complexity index is 1910. The molecule has 0 radical (unpaired) electrons. The summed E-state index contributed by atoms with van der Waals surface area (Å²) in [5.74, 6) is 0. The molecular weight excluding hydrogens is 583 g/mol. The van der Waals surface area contributed by atoms with Gasteiger partial charge in [0.05, 0.1) is 9.58 Å². The van der Waals surface area contributed by atoms with Crippen LogP contribution in [0.4, 0.5) is 17.1 Å². The normalized spacial score (nSPS) is 10.9. The van der Waals surface area contributed by atoms with Crippen molar-refractivity contribution in [3.63, 3.8) is 0 Å². The molecule has 41 heavy (non-hydrogen) atoms. The number of carbonyl (C=O) groups excluding carboxylic acids is 2. The zero-order chi connectivity index (χ0) is 28.3. The van der Waals surface area contributed by atoms with Crippen LogP contribution in [0.15, 0.2) is 102 Å². The van der Waals surface area contributed by atoms with E-state index in [0.29, 0.717) is 0 Å². The van der Waals surface area contributed by atoms with Crippen LogP contribution in [0, 0.1) is 0 Å². The fraction of sp³-hybridized carbons (Fsp3) is 0.0588. The van der Waals surface area contributed by atoms with Gasteiger partial charge in [0.1, 0.15) is 0 Å². The van der Waals surface area contributed by atoms with Crippen molar-refractivity contribution in [2.24, 2.45) is 0 Å². The first-order chi connectivity index (χ1) is 20.2. The second-order valence-corrected chi connectivity index (χ2v) is 13.1. The largest absolute Gasteiger partial charge is 0.311 e. The molecule has 0 aliphatic carbocycles. The van der Waals surface area contributed by atoms with E-state index in [1.54, 1.807) is 34.0 Å². The summed E-state index contributed by atoms with van der Waals surface area (Å²) in [6.07, 6.45) is 1.86. The summed E-state index contributed by atoms with van der Waals surface area (Å²) in [4.78, 5) is 27.9. The molecule has 0 aliphatic heterocycles. The molecule has 0 fully saturated rings. The highest BCUT2D eigenvalue weighted by Gasteiger charge is 2.15. The minimum Gasteiger partial charge on any atom is -0.311 e. The lowest BCUT2D eigenvalue weighted by Gasteiger charge is -2.25. The lowest BCUT2D eigenvalue weighted by molar-refractivity contribution is 0.111. The van der Waals surface area contributed by atoms with Crippen molar-refractivity contribution in [3.05, 3.63) is 113 Å². The Morgan fingerprint density at radius 1 is 0.585 bits per heavy atom. The van der Waals surface area contributed by atoms with Crippen LogP contribution < -0.4 is 4.90 Å². The van der Waals surface area contributed by atoms with E-state index in [4.69, 9.17) is 0 Å². The molecule has 0 saturated carbocycles. The van der Waals surface area contributed by atoms with Gasteiger partial charge >= 0.3 is 0 Å². The molecule has 3 nitrogen and oxygen atoms in total. The second-order valence-electron chi connectivity index (χ2n) is 8.98. The summed E-state index contributed by atoms with van der Waals surface area (Å²) in [5.41, 5.74) is 6.31. The van der Waals surface area contributed by atoms with Gasteiger partial charge in [-0.2, -0.15) is 0 Å². The van der Waals surface area contributed by atoms with Gasteiger partial charge in [-0.15, -0.1) is 45.3 Å². The highest BCUT2D eigenvalue weighted by atomic mass is 32.1. The molecule has 0 saturated heterocycles.